The van der Waals surface area contributed by atoms with Crippen LogP contribution in [0.2, 0.25) is 0 Å². The molecule has 0 aliphatic heterocycles. The summed E-state index contributed by atoms with van der Waals surface area (Å²) < 4.78 is 30.4. The van der Waals surface area contributed by atoms with Crippen LogP contribution in [0.15, 0.2) is 41.8 Å². The molecular formula is C12H13F2NO2. The van der Waals surface area contributed by atoms with Crippen LogP contribution < -0.4 is 0 Å². The molecule has 0 amide bonds. The molecule has 3 nitrogen and oxygen atoms in total. The lowest BCUT2D eigenvalue weighted by atomic mass is 10.1. The molecule has 1 aromatic carbocycles. The van der Waals surface area contributed by atoms with Gasteiger partial charge in [-0.2, -0.15) is 0 Å². The molecule has 1 N–H and O–H groups in total. The van der Waals surface area contributed by atoms with Crippen LogP contribution in [-0.2, 0) is 4.74 Å². The van der Waals surface area contributed by atoms with Gasteiger partial charge in [0.1, 0.15) is 11.5 Å². The quantitative estimate of drug-likeness (QED) is 0.489. The van der Waals surface area contributed by atoms with E-state index in [0.29, 0.717) is 6.33 Å². The van der Waals surface area contributed by atoms with E-state index in [9.17, 15) is 8.78 Å². The molecule has 0 bridgehead atoms. The van der Waals surface area contributed by atoms with Gasteiger partial charge in [0.05, 0.1) is 19.0 Å². The van der Waals surface area contributed by atoms with Gasteiger partial charge in [-0.25, -0.2) is 8.78 Å². The van der Waals surface area contributed by atoms with Crippen molar-refractivity contribution in [2.24, 2.45) is 5.16 Å². The number of benzene rings is 1. The van der Waals surface area contributed by atoms with Gasteiger partial charge in [0, 0.05) is 5.56 Å². The first-order valence-electron chi connectivity index (χ1n) is 5.03. The Bertz CT molecular complexity index is 419. The first kappa shape index (κ1) is 13.3. The molecule has 92 valence electrons. The third-order valence-electron chi connectivity index (χ3n) is 2.13. The van der Waals surface area contributed by atoms with E-state index in [-0.39, 0.29) is 17.9 Å². The third-order valence-corrected chi connectivity index (χ3v) is 2.13. The SMILES string of the molecule is C[C@@H](C=CF)OCC(=NO)c1ccccc1F. The largest absolute Gasteiger partial charge is 0.411 e. The van der Waals surface area contributed by atoms with E-state index >= 15 is 0 Å². The Kier molecular flexibility index (Phi) is 5.29. The van der Waals surface area contributed by atoms with Crippen LogP contribution in [0.5, 0.6) is 0 Å². The van der Waals surface area contributed by atoms with E-state index in [4.69, 9.17) is 9.94 Å². The zero-order valence-corrected chi connectivity index (χ0v) is 9.31. The standard InChI is InChI=1S/C12H13F2NO2/c1-9(6-7-13)17-8-12(15-16)10-4-2-3-5-11(10)14/h2-7,9,16H,8H2,1H3/t9-/m0/s1. The predicted octanol–water partition coefficient (Wildman–Crippen LogP) is 2.89. The summed E-state index contributed by atoms with van der Waals surface area (Å²) in [5.74, 6) is -0.502. The van der Waals surface area contributed by atoms with Crippen LogP contribution in [0, 0.1) is 5.82 Å². The van der Waals surface area contributed by atoms with Crippen LogP contribution >= 0.6 is 0 Å². The number of halogens is 2. The summed E-state index contributed by atoms with van der Waals surface area (Å²) in [5.41, 5.74) is 0.216. The summed E-state index contributed by atoms with van der Waals surface area (Å²) in [6, 6.07) is 5.88. The normalized spacial score (nSPS) is 14.2. The Hall–Kier alpha value is -1.75. The summed E-state index contributed by atoms with van der Waals surface area (Å²) in [7, 11) is 0. The highest BCUT2D eigenvalue weighted by Crippen LogP contribution is 2.09. The van der Waals surface area contributed by atoms with E-state index in [1.807, 2.05) is 0 Å². The minimum Gasteiger partial charge on any atom is -0.411 e. The molecule has 17 heavy (non-hydrogen) atoms. The molecule has 0 aromatic heterocycles. The number of oxime groups is 1. The molecule has 0 radical (unpaired) electrons. The lowest BCUT2D eigenvalue weighted by Crippen LogP contribution is -2.16. The Morgan fingerprint density at radius 3 is 2.82 bits per heavy atom. The first-order valence-corrected chi connectivity index (χ1v) is 5.03. The van der Waals surface area contributed by atoms with Crippen LogP contribution in [-0.4, -0.2) is 23.6 Å². The lowest BCUT2D eigenvalue weighted by molar-refractivity contribution is 0.129. The van der Waals surface area contributed by atoms with Crippen molar-refractivity contribution >= 4 is 5.71 Å². The number of nitrogens with zero attached hydrogens (tertiary/aromatic N) is 1. The molecule has 1 aromatic rings. The molecule has 1 atom stereocenters. The van der Waals surface area contributed by atoms with Gasteiger partial charge in [0.15, 0.2) is 0 Å². The molecule has 0 aliphatic rings. The fourth-order valence-corrected chi connectivity index (χ4v) is 1.22. The van der Waals surface area contributed by atoms with Crippen molar-refractivity contribution < 1.29 is 18.7 Å². The van der Waals surface area contributed by atoms with Crippen LogP contribution in [0.1, 0.15) is 12.5 Å². The highest BCUT2D eigenvalue weighted by molar-refractivity contribution is 6.01. The Labute approximate surface area is 98.0 Å². The van der Waals surface area contributed by atoms with Gasteiger partial charge in [0.2, 0.25) is 0 Å². The second kappa shape index (κ2) is 6.75. The maximum absolute atomic E-state index is 13.4. The summed E-state index contributed by atoms with van der Waals surface area (Å²) in [6.45, 7) is 1.51. The predicted molar refractivity (Wildman–Crippen MR) is 60.4 cm³/mol. The van der Waals surface area contributed by atoms with Gasteiger partial charge < -0.3 is 9.94 Å². The van der Waals surface area contributed by atoms with Crippen molar-refractivity contribution in [3.63, 3.8) is 0 Å². The molecule has 0 unspecified atom stereocenters. The van der Waals surface area contributed by atoms with Crippen molar-refractivity contribution in [3.8, 4) is 0 Å². The van der Waals surface area contributed by atoms with Gasteiger partial charge in [-0.05, 0) is 25.1 Å². The summed E-state index contributed by atoms with van der Waals surface area (Å²) >= 11 is 0. The molecule has 5 heteroatoms. The number of rotatable bonds is 5. The molecule has 0 saturated carbocycles. The molecule has 0 fully saturated rings. The molecule has 1 rings (SSSR count). The van der Waals surface area contributed by atoms with Crippen molar-refractivity contribution in [2.75, 3.05) is 6.61 Å². The molecule has 0 saturated heterocycles. The first-order chi connectivity index (χ1) is 8.19. The number of hydrogen-bond acceptors (Lipinski definition) is 3. The minimum absolute atomic E-state index is 0.0576. The van der Waals surface area contributed by atoms with E-state index in [1.165, 1.54) is 24.3 Å². The van der Waals surface area contributed by atoms with Gasteiger partial charge in [-0.15, -0.1) is 0 Å². The fraction of sp³-hybridized carbons (Fsp3) is 0.250. The smallest absolute Gasteiger partial charge is 0.132 e. The maximum atomic E-state index is 13.4. The van der Waals surface area contributed by atoms with Gasteiger partial charge >= 0.3 is 0 Å². The zero-order chi connectivity index (χ0) is 12.7. The molecular weight excluding hydrogens is 228 g/mol. The van der Waals surface area contributed by atoms with Gasteiger partial charge in [-0.3, -0.25) is 0 Å². The second-order valence-corrected chi connectivity index (χ2v) is 3.36. The number of ether oxygens (including phenoxy) is 1. The highest BCUT2D eigenvalue weighted by atomic mass is 19.1. The Morgan fingerprint density at radius 1 is 1.53 bits per heavy atom. The van der Waals surface area contributed by atoms with Crippen molar-refractivity contribution in [1.82, 2.24) is 0 Å². The third kappa shape index (κ3) is 3.96. The van der Waals surface area contributed by atoms with Gasteiger partial charge in [-0.1, -0.05) is 17.3 Å². The summed E-state index contributed by atoms with van der Waals surface area (Å²) in [5, 5.41) is 11.8. The van der Waals surface area contributed by atoms with Crippen LogP contribution in [0.25, 0.3) is 0 Å². The van der Waals surface area contributed by atoms with Crippen molar-refractivity contribution in [3.05, 3.63) is 48.1 Å². The lowest BCUT2D eigenvalue weighted by Gasteiger charge is -2.10. The maximum Gasteiger partial charge on any atom is 0.132 e. The average molecular weight is 241 g/mol. The summed E-state index contributed by atoms with van der Waals surface area (Å²) in [4.78, 5) is 0. The molecule has 0 heterocycles. The minimum atomic E-state index is -0.502. The topological polar surface area (TPSA) is 41.8 Å². The fourth-order valence-electron chi connectivity index (χ4n) is 1.22. The van der Waals surface area contributed by atoms with Gasteiger partial charge in [0.25, 0.3) is 0 Å². The van der Waals surface area contributed by atoms with E-state index in [0.717, 1.165) is 0 Å². The van der Waals surface area contributed by atoms with E-state index in [1.54, 1.807) is 13.0 Å². The average Bonchev–Trinajstić information content (AvgIpc) is 2.32. The Morgan fingerprint density at radius 2 is 2.24 bits per heavy atom. The van der Waals surface area contributed by atoms with E-state index in [2.05, 4.69) is 5.16 Å². The molecule has 0 spiro atoms. The van der Waals surface area contributed by atoms with Crippen molar-refractivity contribution in [1.29, 1.82) is 0 Å². The van der Waals surface area contributed by atoms with Crippen molar-refractivity contribution in [2.45, 2.75) is 13.0 Å². The Balaban J connectivity index is 2.71. The number of hydrogen-bond donors (Lipinski definition) is 1. The molecule has 0 aliphatic carbocycles. The zero-order valence-electron chi connectivity index (χ0n) is 9.31. The highest BCUT2D eigenvalue weighted by Gasteiger charge is 2.11. The van der Waals surface area contributed by atoms with E-state index < -0.39 is 11.9 Å². The van der Waals surface area contributed by atoms with Crippen LogP contribution in [0.4, 0.5) is 8.78 Å². The van der Waals surface area contributed by atoms with Crippen LogP contribution in [0.3, 0.4) is 0 Å². The monoisotopic (exact) mass is 241 g/mol. The summed E-state index contributed by atoms with van der Waals surface area (Å²) in [6.07, 6.45) is 1.07. The second-order valence-electron chi connectivity index (χ2n) is 3.36.